The van der Waals surface area contributed by atoms with E-state index in [0.717, 1.165) is 25.7 Å². The molecule has 0 saturated carbocycles. The third-order valence-corrected chi connectivity index (χ3v) is 6.97. The quantitative estimate of drug-likeness (QED) is 0.0995. The van der Waals surface area contributed by atoms with E-state index in [2.05, 4.69) is 13.8 Å². The van der Waals surface area contributed by atoms with Gasteiger partial charge in [-0.15, -0.1) is 0 Å². The summed E-state index contributed by atoms with van der Waals surface area (Å²) >= 11 is 0. The molecule has 0 bridgehead atoms. The molecule has 0 heterocycles. The van der Waals surface area contributed by atoms with E-state index in [1.807, 2.05) is 0 Å². The van der Waals surface area contributed by atoms with E-state index in [-0.39, 0.29) is 69.4 Å². The van der Waals surface area contributed by atoms with E-state index in [1.165, 1.54) is 141 Å². The third kappa shape index (κ3) is 49.7. The predicted octanol–water partition coefficient (Wildman–Crippen LogP) is 5.06. The zero-order chi connectivity index (χ0) is 27.0. The van der Waals surface area contributed by atoms with Crippen molar-refractivity contribution in [3.8, 4) is 0 Å². The van der Waals surface area contributed by atoms with Crippen LogP contribution >= 0.6 is 0 Å². The summed E-state index contributed by atoms with van der Waals surface area (Å²) in [5.74, 6) is -1.81. The summed E-state index contributed by atoms with van der Waals surface area (Å²) in [5.41, 5.74) is 0. The van der Waals surface area contributed by atoms with E-state index in [9.17, 15) is 19.8 Å². The van der Waals surface area contributed by atoms with Crippen molar-refractivity contribution in [2.45, 2.75) is 194 Å². The smallest absolute Gasteiger partial charge is 0.550 e. The molecule has 0 aromatic carbocycles. The molecule has 0 aromatic heterocycles. The first kappa shape index (κ1) is 45.8. The molecule has 0 atom stereocenters. The molecule has 4 nitrogen and oxygen atoms in total. The van der Waals surface area contributed by atoms with Gasteiger partial charge in [0, 0.05) is 11.9 Å². The van der Waals surface area contributed by atoms with Crippen molar-refractivity contribution in [2.24, 2.45) is 0 Å². The van der Waals surface area contributed by atoms with Crippen molar-refractivity contribution < 1.29 is 38.7 Å². The van der Waals surface area contributed by atoms with Crippen LogP contribution in [0.4, 0.5) is 0 Å². The number of carboxylic acid groups (broad SMARTS) is 2. The van der Waals surface area contributed by atoms with Gasteiger partial charge in [0.1, 0.15) is 0 Å². The van der Waals surface area contributed by atoms with Gasteiger partial charge in [-0.3, -0.25) is 0 Å². The summed E-state index contributed by atoms with van der Waals surface area (Å²) < 4.78 is 0. The van der Waals surface area contributed by atoms with Crippen LogP contribution in [0.5, 0.6) is 0 Å². The molecule has 216 valence electrons. The summed E-state index contributed by atoms with van der Waals surface area (Å²) in [5, 5.41) is 20.4. The number of aliphatic carboxylic acids is 2. The minimum Gasteiger partial charge on any atom is -0.550 e. The van der Waals surface area contributed by atoms with Gasteiger partial charge in [-0.1, -0.05) is 168 Å². The van der Waals surface area contributed by atoms with Crippen LogP contribution in [0.3, 0.4) is 0 Å². The van der Waals surface area contributed by atoms with Crippen LogP contribution in [0.1, 0.15) is 194 Å². The molecule has 38 heavy (non-hydrogen) atoms. The Kier molecular flexibility index (Phi) is 50.9. The van der Waals surface area contributed by atoms with Gasteiger partial charge < -0.3 is 19.8 Å². The normalized spacial score (nSPS) is 10.2. The van der Waals surface area contributed by atoms with E-state index in [1.54, 1.807) is 0 Å². The van der Waals surface area contributed by atoms with Gasteiger partial charge in [-0.2, -0.15) is 0 Å². The Hall–Kier alpha value is 0.797. The Labute approximate surface area is 279 Å². The van der Waals surface area contributed by atoms with Gasteiger partial charge in [-0.25, -0.2) is 0 Å². The average molecular weight is 558 g/mol. The van der Waals surface area contributed by atoms with Gasteiger partial charge in [-0.05, 0) is 25.7 Å². The maximum atomic E-state index is 10.2. The third-order valence-electron chi connectivity index (χ3n) is 6.97. The van der Waals surface area contributed by atoms with Gasteiger partial charge in [0.25, 0.3) is 0 Å². The Bertz CT molecular complexity index is 449. The van der Waals surface area contributed by atoms with Crippen LogP contribution in [0.2, 0.25) is 0 Å². The van der Waals surface area contributed by atoms with E-state index in [0.29, 0.717) is 0 Å². The molecule has 0 saturated heterocycles. The molecule has 0 spiro atoms. The molecule has 0 aliphatic carbocycles. The monoisotopic (exact) mass is 557 g/mol. The van der Waals surface area contributed by atoms with Crippen LogP contribution in [0.15, 0.2) is 0 Å². The molecule has 0 aromatic rings. The van der Waals surface area contributed by atoms with Gasteiger partial charge in [0.15, 0.2) is 0 Å². The second kappa shape index (κ2) is 42.3. The molecule has 0 fully saturated rings. The second-order valence-corrected chi connectivity index (χ2v) is 10.7. The molecule has 0 aliphatic heterocycles. The molecule has 0 rings (SSSR count). The maximum absolute atomic E-state index is 10.2. The molecule has 0 radical (unpaired) electrons. The molecule has 0 amide bonds. The van der Waals surface area contributed by atoms with Crippen LogP contribution in [0.25, 0.3) is 0 Å². The molecule has 0 unspecified atom stereocenters. The van der Waals surface area contributed by atoms with Crippen molar-refractivity contribution in [1.29, 1.82) is 0 Å². The number of hydrogen-bond acceptors (Lipinski definition) is 4. The summed E-state index contributed by atoms with van der Waals surface area (Å²) in [6.07, 6.45) is 33.9. The second-order valence-electron chi connectivity index (χ2n) is 10.7. The SMILES string of the molecule is CCCCCCCCCCCCCC(=O)[O-].CCCCCCCCCCCCCCCCCC(=O)[O-].[Ca+2].[Li+]. The van der Waals surface area contributed by atoms with Crippen LogP contribution < -0.4 is 29.1 Å². The zero-order valence-corrected chi connectivity index (χ0v) is 28.3. The Morgan fingerprint density at radius 2 is 0.526 bits per heavy atom. The summed E-state index contributed by atoms with van der Waals surface area (Å²) in [4.78, 5) is 20.4. The summed E-state index contributed by atoms with van der Waals surface area (Å²) in [6, 6.07) is 0. The molecular weight excluding hydrogens is 495 g/mol. The number of rotatable bonds is 28. The summed E-state index contributed by atoms with van der Waals surface area (Å²) in [7, 11) is 0. The van der Waals surface area contributed by atoms with E-state index >= 15 is 0 Å². The summed E-state index contributed by atoms with van der Waals surface area (Å²) in [6.45, 7) is 4.51. The van der Waals surface area contributed by atoms with Gasteiger partial charge in [0.05, 0.1) is 0 Å². The minimum absolute atomic E-state index is 0. The Balaban J connectivity index is -0.000000295. The Morgan fingerprint density at radius 3 is 0.684 bits per heavy atom. The molecule has 0 N–H and O–H groups in total. The van der Waals surface area contributed by atoms with Crippen molar-refractivity contribution in [1.82, 2.24) is 0 Å². The van der Waals surface area contributed by atoms with E-state index in [4.69, 9.17) is 0 Å². The van der Waals surface area contributed by atoms with Gasteiger partial charge >= 0.3 is 56.6 Å². The molecule has 0 aliphatic rings. The number of carbonyl (C=O) groups excluding carboxylic acids is 2. The van der Waals surface area contributed by atoms with Crippen molar-refractivity contribution in [3.63, 3.8) is 0 Å². The van der Waals surface area contributed by atoms with Gasteiger partial charge in [0.2, 0.25) is 0 Å². The minimum atomic E-state index is -0.907. The molecular formula is C32H62CaLiO4+. The fourth-order valence-corrected chi connectivity index (χ4v) is 4.57. The van der Waals surface area contributed by atoms with Crippen LogP contribution in [-0.4, -0.2) is 49.7 Å². The number of hydrogen-bond donors (Lipinski definition) is 0. The largest absolute Gasteiger partial charge is 2.00 e. The average Bonchev–Trinajstić information content (AvgIpc) is 2.85. The Morgan fingerprint density at radius 1 is 0.368 bits per heavy atom. The number of carboxylic acids is 2. The predicted molar refractivity (Wildman–Crippen MR) is 156 cm³/mol. The van der Waals surface area contributed by atoms with Crippen molar-refractivity contribution >= 4 is 49.7 Å². The topological polar surface area (TPSA) is 80.3 Å². The fourth-order valence-electron chi connectivity index (χ4n) is 4.57. The van der Waals surface area contributed by atoms with Crippen molar-refractivity contribution in [3.05, 3.63) is 0 Å². The maximum Gasteiger partial charge on any atom is 2.00 e. The molecule has 6 heteroatoms. The van der Waals surface area contributed by atoms with Crippen LogP contribution in [-0.2, 0) is 9.59 Å². The zero-order valence-electron chi connectivity index (χ0n) is 26.1. The van der Waals surface area contributed by atoms with Crippen LogP contribution in [0, 0.1) is 0 Å². The number of carbonyl (C=O) groups is 2. The van der Waals surface area contributed by atoms with E-state index < -0.39 is 11.9 Å². The first-order chi connectivity index (χ1) is 17.5. The first-order valence-corrected chi connectivity index (χ1v) is 15.9. The number of unbranched alkanes of at least 4 members (excludes halogenated alkanes) is 24. The first-order valence-electron chi connectivity index (χ1n) is 15.9. The standard InChI is InChI=1S/C18H36O2.C14H28O2.Ca.Li/c1-2-3-4-5-6-7-8-9-10-11-12-13-14-15-16-17-18(19)20;1-2-3-4-5-6-7-8-9-10-11-12-13-14(15)16;;/h2-17H2,1H3,(H,19,20);2-13H2,1H3,(H,15,16);;/q;;+2;+1/p-2. The fraction of sp³-hybridized carbons (Fsp3) is 0.938. The van der Waals surface area contributed by atoms with Crippen molar-refractivity contribution in [2.75, 3.05) is 0 Å².